The molecule has 0 radical (unpaired) electrons. The van der Waals surface area contributed by atoms with E-state index in [1.165, 1.54) is 12.1 Å². The van der Waals surface area contributed by atoms with E-state index in [9.17, 15) is 22.8 Å². The third kappa shape index (κ3) is 7.33. The maximum Gasteiger partial charge on any atom is 0.416 e. The number of nitrogens with one attached hydrogen (secondary N) is 2. The van der Waals surface area contributed by atoms with E-state index >= 15 is 0 Å². The van der Waals surface area contributed by atoms with E-state index in [1.54, 1.807) is 29.2 Å². The first-order chi connectivity index (χ1) is 17.8. The zero-order chi connectivity index (χ0) is 26.3. The number of hydrogen-bond donors (Lipinski definition) is 2. The maximum absolute atomic E-state index is 12.7. The summed E-state index contributed by atoms with van der Waals surface area (Å²) in [5.41, 5.74) is 4.88. The van der Waals surface area contributed by atoms with Gasteiger partial charge in [0.2, 0.25) is 5.91 Å². The fourth-order valence-electron chi connectivity index (χ4n) is 4.22. The van der Waals surface area contributed by atoms with Crippen LogP contribution in [0.1, 0.15) is 39.9 Å². The molecule has 0 atom stereocenters. The molecule has 194 valence electrons. The van der Waals surface area contributed by atoms with Gasteiger partial charge in [-0.15, -0.1) is 5.48 Å². The molecular formula is C28H28F3N3O3. The van der Waals surface area contributed by atoms with Gasteiger partial charge in [-0.2, -0.15) is 13.2 Å². The number of carbonyl (C=O) groups is 2. The summed E-state index contributed by atoms with van der Waals surface area (Å²) in [6.45, 7) is 1.45. The van der Waals surface area contributed by atoms with E-state index in [0.29, 0.717) is 30.8 Å². The molecule has 0 unspecified atom stereocenters. The van der Waals surface area contributed by atoms with Crippen LogP contribution in [-0.4, -0.2) is 35.9 Å². The van der Waals surface area contributed by atoms with Crippen LogP contribution in [0.4, 0.5) is 18.9 Å². The van der Waals surface area contributed by atoms with Crippen molar-refractivity contribution in [1.82, 2.24) is 10.4 Å². The number of rotatable bonds is 8. The molecule has 1 aliphatic heterocycles. The predicted molar refractivity (Wildman–Crippen MR) is 134 cm³/mol. The van der Waals surface area contributed by atoms with Gasteiger partial charge >= 0.3 is 12.1 Å². The normalized spacial score (nSPS) is 14.3. The van der Waals surface area contributed by atoms with E-state index in [4.69, 9.17) is 4.84 Å². The number of carbonyl (C=O) groups excluding carboxylic acids is 2. The minimum Gasteiger partial charge on any atom is -0.382 e. The van der Waals surface area contributed by atoms with E-state index in [2.05, 4.69) is 10.8 Å². The first kappa shape index (κ1) is 26.2. The highest BCUT2D eigenvalue weighted by molar-refractivity contribution is 5.89. The summed E-state index contributed by atoms with van der Waals surface area (Å²) in [5.74, 6) is -0.553. The number of halogens is 3. The Morgan fingerprint density at radius 1 is 0.892 bits per heavy atom. The molecule has 4 rings (SSSR count). The second kappa shape index (κ2) is 11.9. The van der Waals surface area contributed by atoms with E-state index in [1.807, 2.05) is 30.3 Å². The van der Waals surface area contributed by atoms with Crippen LogP contribution in [0.5, 0.6) is 0 Å². The van der Waals surface area contributed by atoms with Crippen molar-refractivity contribution in [3.8, 4) is 0 Å². The number of hydroxylamine groups is 1. The summed E-state index contributed by atoms with van der Waals surface area (Å²) >= 11 is 0. The van der Waals surface area contributed by atoms with Gasteiger partial charge in [0.25, 0.3) is 0 Å². The fourth-order valence-corrected chi connectivity index (χ4v) is 4.22. The Hall–Kier alpha value is -3.85. The Balaban J connectivity index is 1.24. The molecule has 1 fully saturated rings. The van der Waals surface area contributed by atoms with Gasteiger partial charge in [-0.3, -0.25) is 4.79 Å². The van der Waals surface area contributed by atoms with Crippen LogP contribution in [-0.2, 0) is 28.8 Å². The number of likely N-dealkylation sites (tertiary alicyclic amines) is 1. The van der Waals surface area contributed by atoms with Gasteiger partial charge in [0, 0.05) is 24.8 Å². The first-order valence-electron chi connectivity index (χ1n) is 12.1. The van der Waals surface area contributed by atoms with Crippen molar-refractivity contribution in [2.24, 2.45) is 0 Å². The zero-order valence-electron chi connectivity index (χ0n) is 20.1. The highest BCUT2D eigenvalue weighted by Crippen LogP contribution is 2.29. The van der Waals surface area contributed by atoms with Gasteiger partial charge in [0.1, 0.15) is 0 Å². The quantitative estimate of drug-likeness (QED) is 0.406. The van der Waals surface area contributed by atoms with Crippen LogP contribution in [0.25, 0.3) is 0 Å². The number of nitrogens with zero attached hydrogens (tertiary/aromatic N) is 1. The molecule has 6 nitrogen and oxygen atoms in total. The van der Waals surface area contributed by atoms with Crippen molar-refractivity contribution in [2.75, 3.05) is 18.4 Å². The monoisotopic (exact) mass is 511 g/mol. The van der Waals surface area contributed by atoms with Crippen molar-refractivity contribution in [2.45, 2.75) is 38.0 Å². The maximum atomic E-state index is 12.7. The number of anilines is 1. The van der Waals surface area contributed by atoms with Crippen molar-refractivity contribution in [3.63, 3.8) is 0 Å². The fraction of sp³-hybridized carbons (Fsp3) is 0.286. The lowest BCUT2D eigenvalue weighted by atomic mass is 10.0. The molecule has 0 spiro atoms. The summed E-state index contributed by atoms with van der Waals surface area (Å²) in [5, 5.41) is 3.52. The largest absolute Gasteiger partial charge is 0.416 e. The summed E-state index contributed by atoms with van der Waals surface area (Å²) < 4.78 is 38.2. The van der Waals surface area contributed by atoms with E-state index in [-0.39, 0.29) is 18.4 Å². The molecule has 0 aliphatic carbocycles. The molecule has 3 aromatic rings. The molecule has 1 heterocycles. The summed E-state index contributed by atoms with van der Waals surface area (Å²) in [4.78, 5) is 31.7. The SMILES string of the molecule is O=C(ONCc1ccccc1NC1CCN(C(=O)Cc2ccc(C(F)(F)F)cc2)CC1)c1ccccc1. The van der Waals surface area contributed by atoms with E-state index < -0.39 is 17.7 Å². The number of piperidine rings is 1. The highest BCUT2D eigenvalue weighted by Gasteiger charge is 2.30. The summed E-state index contributed by atoms with van der Waals surface area (Å²) in [6.07, 6.45) is -2.84. The van der Waals surface area contributed by atoms with Crippen LogP contribution in [0.2, 0.25) is 0 Å². The van der Waals surface area contributed by atoms with Crippen molar-refractivity contribution in [3.05, 3.63) is 101 Å². The predicted octanol–water partition coefficient (Wildman–Crippen LogP) is 5.21. The molecular weight excluding hydrogens is 483 g/mol. The first-order valence-corrected chi connectivity index (χ1v) is 12.1. The van der Waals surface area contributed by atoms with Crippen LogP contribution in [0.15, 0.2) is 78.9 Å². The molecule has 1 amide bonds. The number of para-hydroxylation sites is 1. The molecule has 1 aliphatic rings. The molecule has 0 saturated carbocycles. The lowest BCUT2D eigenvalue weighted by molar-refractivity contribution is -0.137. The van der Waals surface area contributed by atoms with Gasteiger partial charge in [0.05, 0.1) is 24.1 Å². The lowest BCUT2D eigenvalue weighted by Crippen LogP contribution is -2.43. The number of hydrogen-bond acceptors (Lipinski definition) is 5. The average Bonchev–Trinajstić information content (AvgIpc) is 2.90. The van der Waals surface area contributed by atoms with Gasteiger partial charge in [-0.1, -0.05) is 48.5 Å². The molecule has 9 heteroatoms. The van der Waals surface area contributed by atoms with Gasteiger partial charge < -0.3 is 15.1 Å². The minimum atomic E-state index is -4.39. The Labute approximate surface area is 213 Å². The van der Waals surface area contributed by atoms with Crippen molar-refractivity contribution < 1.29 is 27.6 Å². The van der Waals surface area contributed by atoms with Crippen LogP contribution < -0.4 is 10.8 Å². The average molecular weight is 512 g/mol. The lowest BCUT2D eigenvalue weighted by Gasteiger charge is -2.33. The van der Waals surface area contributed by atoms with Crippen molar-refractivity contribution >= 4 is 17.6 Å². The van der Waals surface area contributed by atoms with Crippen LogP contribution >= 0.6 is 0 Å². The Kier molecular flexibility index (Phi) is 8.45. The Morgan fingerprint density at radius 3 is 2.22 bits per heavy atom. The van der Waals surface area contributed by atoms with E-state index in [0.717, 1.165) is 36.2 Å². The molecule has 1 saturated heterocycles. The molecule has 2 N–H and O–H groups in total. The highest BCUT2D eigenvalue weighted by atomic mass is 19.4. The zero-order valence-corrected chi connectivity index (χ0v) is 20.1. The third-order valence-corrected chi connectivity index (χ3v) is 6.30. The second-order valence-electron chi connectivity index (χ2n) is 8.90. The minimum absolute atomic E-state index is 0.0758. The smallest absolute Gasteiger partial charge is 0.382 e. The molecule has 37 heavy (non-hydrogen) atoms. The van der Waals surface area contributed by atoms with Gasteiger partial charge in [0.15, 0.2) is 0 Å². The number of amides is 1. The summed E-state index contributed by atoms with van der Waals surface area (Å²) in [7, 11) is 0. The number of alkyl halides is 3. The Bertz CT molecular complexity index is 1190. The molecule has 3 aromatic carbocycles. The van der Waals surface area contributed by atoms with Crippen molar-refractivity contribution in [1.29, 1.82) is 0 Å². The molecule has 0 bridgehead atoms. The standard InChI is InChI=1S/C28H28F3N3O3/c29-28(30,31)23-12-10-20(11-13-23)18-26(35)34-16-14-24(15-17-34)33-25-9-5-4-8-22(25)19-32-37-27(36)21-6-2-1-3-7-21/h1-13,24,32-33H,14-19H2. The van der Waals surface area contributed by atoms with Gasteiger partial charge in [-0.05, 0) is 54.3 Å². The topological polar surface area (TPSA) is 70.7 Å². The summed E-state index contributed by atoms with van der Waals surface area (Å²) in [6, 6.07) is 21.3. The van der Waals surface area contributed by atoms with Crippen LogP contribution in [0.3, 0.4) is 0 Å². The number of benzene rings is 3. The Morgan fingerprint density at radius 2 is 1.54 bits per heavy atom. The second-order valence-corrected chi connectivity index (χ2v) is 8.90. The third-order valence-electron chi connectivity index (χ3n) is 6.30. The van der Waals surface area contributed by atoms with Crippen LogP contribution in [0, 0.1) is 0 Å². The molecule has 0 aromatic heterocycles. The van der Waals surface area contributed by atoms with Gasteiger partial charge in [-0.25, -0.2) is 4.79 Å².